The van der Waals surface area contributed by atoms with Crippen LogP contribution in [0.1, 0.15) is 43.2 Å². The van der Waals surface area contributed by atoms with Gasteiger partial charge in [-0.05, 0) is 25.8 Å². The normalized spacial score (nSPS) is 31.7. The van der Waals surface area contributed by atoms with Crippen LogP contribution >= 0.6 is 23.5 Å². The standard InChI is InChI=1S/C13H21N3OS2/c1-2-10-12(19-7-6-18-10)13-15-11(17-16-13)8-9-4-3-5-14-9/h9-10,12,14H,2-8H2,1H3. The molecule has 0 saturated carbocycles. The van der Waals surface area contributed by atoms with Crippen LogP contribution in [0.3, 0.4) is 0 Å². The van der Waals surface area contributed by atoms with Crippen LogP contribution in [0.4, 0.5) is 0 Å². The van der Waals surface area contributed by atoms with E-state index in [9.17, 15) is 0 Å². The zero-order valence-corrected chi connectivity index (χ0v) is 12.9. The predicted octanol–water partition coefficient (Wildman–Crippen LogP) is 2.66. The molecule has 1 N–H and O–H groups in total. The Labute approximate surface area is 122 Å². The molecule has 0 radical (unpaired) electrons. The predicted molar refractivity (Wildman–Crippen MR) is 80.8 cm³/mol. The molecule has 0 aromatic carbocycles. The molecule has 1 aromatic rings. The van der Waals surface area contributed by atoms with E-state index in [1.807, 2.05) is 11.8 Å². The van der Waals surface area contributed by atoms with Gasteiger partial charge < -0.3 is 9.84 Å². The van der Waals surface area contributed by atoms with Crippen LogP contribution in [-0.4, -0.2) is 39.5 Å². The van der Waals surface area contributed by atoms with E-state index in [0.29, 0.717) is 16.5 Å². The SMILES string of the molecule is CCC1SCCSC1c1noc(CC2CCCN2)n1. The molecule has 0 amide bonds. The van der Waals surface area contributed by atoms with Gasteiger partial charge in [0.25, 0.3) is 0 Å². The maximum absolute atomic E-state index is 5.45. The van der Waals surface area contributed by atoms with Crippen molar-refractivity contribution in [3.63, 3.8) is 0 Å². The summed E-state index contributed by atoms with van der Waals surface area (Å²) in [5.41, 5.74) is 0. The monoisotopic (exact) mass is 299 g/mol. The minimum Gasteiger partial charge on any atom is -0.339 e. The van der Waals surface area contributed by atoms with Gasteiger partial charge in [0.05, 0.1) is 5.25 Å². The van der Waals surface area contributed by atoms with E-state index < -0.39 is 0 Å². The topological polar surface area (TPSA) is 51.0 Å². The first-order chi connectivity index (χ1) is 9.36. The van der Waals surface area contributed by atoms with Crippen molar-refractivity contribution >= 4 is 23.5 Å². The number of hydrogen-bond acceptors (Lipinski definition) is 6. The number of nitrogens with zero attached hydrogens (tertiary/aromatic N) is 2. The van der Waals surface area contributed by atoms with E-state index in [1.54, 1.807) is 0 Å². The molecular weight excluding hydrogens is 278 g/mol. The van der Waals surface area contributed by atoms with Crippen molar-refractivity contribution in [2.24, 2.45) is 0 Å². The molecule has 2 fully saturated rings. The Balaban J connectivity index is 1.65. The molecule has 19 heavy (non-hydrogen) atoms. The molecule has 2 saturated heterocycles. The van der Waals surface area contributed by atoms with Crippen LogP contribution in [0.25, 0.3) is 0 Å². The Hall–Kier alpha value is -0.200. The molecule has 0 spiro atoms. The minimum atomic E-state index is 0.415. The van der Waals surface area contributed by atoms with E-state index >= 15 is 0 Å². The van der Waals surface area contributed by atoms with Gasteiger partial charge in [0.15, 0.2) is 5.82 Å². The van der Waals surface area contributed by atoms with Crippen molar-refractivity contribution in [2.45, 2.75) is 49.1 Å². The lowest BCUT2D eigenvalue weighted by Crippen LogP contribution is -2.24. The van der Waals surface area contributed by atoms with Gasteiger partial charge in [0.1, 0.15) is 0 Å². The summed E-state index contributed by atoms with van der Waals surface area (Å²) in [6, 6.07) is 0.531. The highest BCUT2D eigenvalue weighted by Gasteiger charge is 2.30. The fraction of sp³-hybridized carbons (Fsp3) is 0.846. The van der Waals surface area contributed by atoms with E-state index in [-0.39, 0.29) is 0 Å². The van der Waals surface area contributed by atoms with Crippen LogP contribution < -0.4 is 5.32 Å². The Morgan fingerprint density at radius 2 is 2.26 bits per heavy atom. The van der Waals surface area contributed by atoms with Crippen molar-refractivity contribution in [1.82, 2.24) is 15.5 Å². The number of aromatic nitrogens is 2. The van der Waals surface area contributed by atoms with Crippen LogP contribution in [0, 0.1) is 0 Å². The number of nitrogens with one attached hydrogen (secondary N) is 1. The Morgan fingerprint density at radius 3 is 3.05 bits per heavy atom. The molecule has 2 aliphatic heterocycles. The summed E-state index contributed by atoms with van der Waals surface area (Å²) in [4.78, 5) is 4.64. The Bertz CT molecular complexity index is 406. The smallest absolute Gasteiger partial charge is 0.228 e. The van der Waals surface area contributed by atoms with Gasteiger partial charge in [-0.2, -0.15) is 16.7 Å². The summed E-state index contributed by atoms with van der Waals surface area (Å²) in [5, 5.41) is 8.76. The van der Waals surface area contributed by atoms with Gasteiger partial charge in [-0.1, -0.05) is 12.1 Å². The van der Waals surface area contributed by atoms with E-state index in [2.05, 4.69) is 34.1 Å². The number of hydrogen-bond donors (Lipinski definition) is 1. The van der Waals surface area contributed by atoms with E-state index in [4.69, 9.17) is 4.52 Å². The maximum atomic E-state index is 5.45. The molecule has 0 bridgehead atoms. The maximum Gasteiger partial charge on any atom is 0.228 e. The lowest BCUT2D eigenvalue weighted by Gasteiger charge is -2.27. The zero-order chi connectivity index (χ0) is 13.1. The summed E-state index contributed by atoms with van der Waals surface area (Å²) in [6.45, 7) is 3.37. The summed E-state index contributed by atoms with van der Waals surface area (Å²) in [6.07, 6.45) is 4.55. The van der Waals surface area contributed by atoms with Gasteiger partial charge in [-0.25, -0.2) is 0 Å². The van der Waals surface area contributed by atoms with Crippen molar-refractivity contribution < 1.29 is 4.52 Å². The van der Waals surface area contributed by atoms with Crippen molar-refractivity contribution in [1.29, 1.82) is 0 Å². The molecule has 0 aliphatic carbocycles. The van der Waals surface area contributed by atoms with Gasteiger partial charge in [0.2, 0.25) is 5.89 Å². The fourth-order valence-electron chi connectivity index (χ4n) is 2.75. The summed E-state index contributed by atoms with van der Waals surface area (Å²) < 4.78 is 5.45. The summed E-state index contributed by atoms with van der Waals surface area (Å²) in [7, 11) is 0. The molecule has 3 rings (SSSR count). The van der Waals surface area contributed by atoms with Crippen LogP contribution in [0.2, 0.25) is 0 Å². The molecule has 4 nitrogen and oxygen atoms in total. The number of thioether (sulfide) groups is 2. The van der Waals surface area contributed by atoms with Gasteiger partial charge in [-0.15, -0.1) is 11.8 Å². The third kappa shape index (κ3) is 3.28. The second-order valence-corrected chi connectivity index (χ2v) is 7.75. The average molecular weight is 299 g/mol. The highest BCUT2D eigenvalue weighted by atomic mass is 32.2. The third-order valence-corrected chi connectivity index (χ3v) is 7.02. The highest BCUT2D eigenvalue weighted by molar-refractivity contribution is 8.06. The summed E-state index contributed by atoms with van der Waals surface area (Å²) in [5.74, 6) is 4.16. The molecule has 2 aliphatic rings. The first-order valence-electron chi connectivity index (χ1n) is 7.16. The van der Waals surface area contributed by atoms with Crippen LogP contribution in [-0.2, 0) is 6.42 Å². The van der Waals surface area contributed by atoms with Crippen LogP contribution in [0.5, 0.6) is 0 Å². The molecule has 106 valence electrons. The molecular formula is C13H21N3OS2. The Kier molecular flexibility index (Phi) is 4.71. The molecule has 3 atom stereocenters. The van der Waals surface area contributed by atoms with E-state index in [1.165, 1.54) is 30.8 Å². The number of rotatable bonds is 4. The van der Waals surface area contributed by atoms with Crippen molar-refractivity contribution in [3.8, 4) is 0 Å². The third-order valence-electron chi connectivity index (χ3n) is 3.77. The van der Waals surface area contributed by atoms with Crippen molar-refractivity contribution in [3.05, 3.63) is 11.7 Å². The lowest BCUT2D eigenvalue weighted by atomic mass is 10.1. The minimum absolute atomic E-state index is 0.415. The zero-order valence-electron chi connectivity index (χ0n) is 11.3. The highest BCUT2D eigenvalue weighted by Crippen LogP contribution is 2.42. The first kappa shape index (κ1) is 13.8. The van der Waals surface area contributed by atoms with Crippen LogP contribution in [0.15, 0.2) is 4.52 Å². The largest absolute Gasteiger partial charge is 0.339 e. The second-order valence-electron chi connectivity index (χ2n) is 5.15. The van der Waals surface area contributed by atoms with E-state index in [0.717, 1.165) is 24.7 Å². The molecule has 1 aromatic heterocycles. The van der Waals surface area contributed by atoms with Crippen molar-refractivity contribution in [2.75, 3.05) is 18.1 Å². The Morgan fingerprint density at radius 1 is 1.37 bits per heavy atom. The summed E-state index contributed by atoms with van der Waals surface area (Å²) >= 11 is 4.04. The quantitative estimate of drug-likeness (QED) is 0.922. The second kappa shape index (κ2) is 6.50. The van der Waals surface area contributed by atoms with Gasteiger partial charge in [-0.3, -0.25) is 0 Å². The van der Waals surface area contributed by atoms with Gasteiger partial charge in [0, 0.05) is 29.2 Å². The lowest BCUT2D eigenvalue weighted by molar-refractivity contribution is 0.359. The molecule has 6 heteroatoms. The van der Waals surface area contributed by atoms with Gasteiger partial charge >= 0.3 is 0 Å². The average Bonchev–Trinajstić information content (AvgIpc) is 3.11. The molecule has 3 unspecified atom stereocenters. The fourth-order valence-corrected chi connectivity index (χ4v) is 5.73. The molecule has 3 heterocycles. The first-order valence-corrected chi connectivity index (χ1v) is 9.25.